The van der Waals surface area contributed by atoms with E-state index in [1.54, 1.807) is 0 Å². The molecule has 9 rings (SSSR count). The van der Waals surface area contributed by atoms with Crippen LogP contribution in [-0.2, 0) is 0 Å². The predicted octanol–water partition coefficient (Wildman–Crippen LogP) is 12.2. The van der Waals surface area contributed by atoms with E-state index in [0.717, 1.165) is 30.6 Å². The van der Waals surface area contributed by atoms with Crippen LogP contribution in [0.1, 0.15) is 83.8 Å². The highest BCUT2D eigenvalue weighted by Crippen LogP contribution is 2.53. The number of hydrogen-bond acceptors (Lipinski definition) is 1. The number of fused-ring (bicyclic) bond motifs is 6. The Morgan fingerprint density at radius 3 is 2.18 bits per heavy atom. The van der Waals surface area contributed by atoms with Gasteiger partial charge in [0.15, 0.2) is 0 Å². The normalized spacial score (nSPS) is 24.0. The molecule has 5 aromatic carbocycles. The van der Waals surface area contributed by atoms with Gasteiger partial charge in [-0.05, 0) is 100 Å². The van der Waals surface area contributed by atoms with Crippen LogP contribution in [0.4, 0.5) is 0 Å². The summed E-state index contributed by atoms with van der Waals surface area (Å²) in [5.74, 6) is 3.40. The van der Waals surface area contributed by atoms with E-state index in [2.05, 4.69) is 140 Å². The molecule has 0 bridgehead atoms. The van der Waals surface area contributed by atoms with Crippen molar-refractivity contribution in [1.82, 2.24) is 0 Å². The van der Waals surface area contributed by atoms with E-state index in [-0.39, 0.29) is 0 Å². The van der Waals surface area contributed by atoms with Gasteiger partial charge in [-0.15, -0.1) is 0 Å². The minimum atomic E-state index is 0.409. The fraction of sp³-hybridized carbons (Fsp3) is 0.227. The van der Waals surface area contributed by atoms with Crippen LogP contribution in [0.2, 0.25) is 0 Å². The molecule has 0 saturated heterocycles. The molecule has 1 saturated carbocycles. The molecule has 0 radical (unpaired) electrons. The lowest BCUT2D eigenvalue weighted by Crippen LogP contribution is -2.20. The fourth-order valence-corrected chi connectivity index (χ4v) is 8.83. The highest BCUT2D eigenvalue weighted by molar-refractivity contribution is 6.01. The van der Waals surface area contributed by atoms with Crippen LogP contribution in [0, 0.1) is 5.92 Å². The number of rotatable bonds is 4. The maximum Gasteiger partial charge on any atom is 0.139 e. The molecule has 5 unspecified atom stereocenters. The van der Waals surface area contributed by atoms with Gasteiger partial charge in [0, 0.05) is 16.9 Å². The summed E-state index contributed by atoms with van der Waals surface area (Å²) in [6, 6.07) is 42.9. The molecule has 1 aromatic heterocycles. The third-order valence-electron chi connectivity index (χ3n) is 11.0. The second-order valence-corrected chi connectivity index (χ2v) is 13.5. The second-order valence-electron chi connectivity index (χ2n) is 13.5. The molecule has 1 heterocycles. The maximum atomic E-state index is 7.01. The van der Waals surface area contributed by atoms with Crippen LogP contribution in [0.15, 0.2) is 138 Å². The van der Waals surface area contributed by atoms with Gasteiger partial charge in [-0.3, -0.25) is 0 Å². The van der Waals surface area contributed by atoms with Gasteiger partial charge in [0.2, 0.25) is 0 Å². The van der Waals surface area contributed by atoms with Gasteiger partial charge in [0.1, 0.15) is 11.3 Å². The van der Waals surface area contributed by atoms with Crippen LogP contribution in [0.5, 0.6) is 0 Å². The Balaban J connectivity index is 1.20. The fourth-order valence-electron chi connectivity index (χ4n) is 8.83. The van der Waals surface area contributed by atoms with Gasteiger partial charge in [0.25, 0.3) is 0 Å². The van der Waals surface area contributed by atoms with Gasteiger partial charge in [-0.1, -0.05) is 133 Å². The molecule has 220 valence electrons. The molecule has 0 amide bonds. The molecule has 3 aliphatic rings. The lowest BCUT2D eigenvalue weighted by atomic mass is 9.68. The summed E-state index contributed by atoms with van der Waals surface area (Å²) >= 11 is 0. The topological polar surface area (TPSA) is 13.1 Å². The zero-order valence-electron chi connectivity index (χ0n) is 25.6. The van der Waals surface area contributed by atoms with E-state index in [1.165, 1.54) is 62.4 Å². The first-order chi connectivity index (χ1) is 22.3. The summed E-state index contributed by atoms with van der Waals surface area (Å²) < 4.78 is 7.01. The summed E-state index contributed by atoms with van der Waals surface area (Å²) in [5.41, 5.74) is 9.46. The quantitative estimate of drug-likeness (QED) is 0.188. The van der Waals surface area contributed by atoms with Gasteiger partial charge in [-0.2, -0.15) is 0 Å². The van der Waals surface area contributed by atoms with Crippen LogP contribution in [-0.4, -0.2) is 0 Å². The van der Waals surface area contributed by atoms with E-state index >= 15 is 0 Å². The van der Waals surface area contributed by atoms with Gasteiger partial charge < -0.3 is 4.42 Å². The van der Waals surface area contributed by atoms with Crippen molar-refractivity contribution in [3.63, 3.8) is 0 Å². The molecule has 5 atom stereocenters. The van der Waals surface area contributed by atoms with Gasteiger partial charge in [-0.25, -0.2) is 0 Å². The third kappa shape index (κ3) is 4.68. The zero-order chi connectivity index (χ0) is 29.7. The predicted molar refractivity (Wildman–Crippen MR) is 188 cm³/mol. The van der Waals surface area contributed by atoms with Crippen molar-refractivity contribution in [3.8, 4) is 11.1 Å². The molecule has 0 aliphatic heterocycles. The molecule has 1 heteroatoms. The van der Waals surface area contributed by atoms with Crippen LogP contribution < -0.4 is 0 Å². The molecular weight excluding hydrogens is 544 g/mol. The minimum absolute atomic E-state index is 0.409. The molecule has 1 nitrogen and oxygen atoms in total. The Bertz CT molecular complexity index is 2060. The molecule has 6 aromatic rings. The Kier molecular flexibility index (Phi) is 6.58. The molecule has 0 N–H and O–H groups in total. The highest BCUT2D eigenvalue weighted by atomic mass is 16.3. The number of benzene rings is 5. The molecular formula is C44H38O. The Labute approximate surface area is 265 Å². The van der Waals surface area contributed by atoms with Crippen molar-refractivity contribution in [2.24, 2.45) is 5.92 Å². The standard InChI is InChI=1S/C44H38O/c1-3-11-29(12-4-1)35-26-36(34-20-19-30-13-7-8-17-33(30)25-34)28-37(27-35)40-23-22-39(31-14-5-2-6-15-31)43-42-38-18-10-9-16-32(38)21-24-41(42)45-44(40)43/h1-9,11-17,19-25,32,35-38H,10,18,26-28H2. The van der Waals surface area contributed by atoms with Gasteiger partial charge >= 0.3 is 0 Å². The largest absolute Gasteiger partial charge is 0.456 e. The first kappa shape index (κ1) is 26.8. The molecule has 3 aliphatic carbocycles. The van der Waals surface area contributed by atoms with E-state index in [4.69, 9.17) is 4.42 Å². The van der Waals surface area contributed by atoms with Crippen molar-refractivity contribution in [3.05, 3.63) is 162 Å². The van der Waals surface area contributed by atoms with Crippen LogP contribution >= 0.6 is 0 Å². The van der Waals surface area contributed by atoms with Gasteiger partial charge in [0.05, 0.1) is 0 Å². The molecule has 0 spiro atoms. The number of allylic oxidation sites excluding steroid dienone is 3. The van der Waals surface area contributed by atoms with E-state index in [9.17, 15) is 0 Å². The first-order valence-corrected chi connectivity index (χ1v) is 16.8. The highest BCUT2D eigenvalue weighted by Gasteiger charge is 2.36. The van der Waals surface area contributed by atoms with Crippen LogP contribution in [0.25, 0.3) is 38.9 Å². The van der Waals surface area contributed by atoms with Crippen molar-refractivity contribution >= 4 is 27.8 Å². The smallest absolute Gasteiger partial charge is 0.139 e. The number of furan rings is 1. The lowest BCUT2D eigenvalue weighted by molar-refractivity contribution is 0.351. The van der Waals surface area contributed by atoms with Crippen molar-refractivity contribution < 1.29 is 4.42 Å². The monoisotopic (exact) mass is 582 g/mol. The summed E-state index contributed by atoms with van der Waals surface area (Å²) in [7, 11) is 0. The van der Waals surface area contributed by atoms with Crippen molar-refractivity contribution in [2.75, 3.05) is 0 Å². The zero-order valence-corrected chi connectivity index (χ0v) is 25.6. The average molecular weight is 583 g/mol. The van der Waals surface area contributed by atoms with Crippen molar-refractivity contribution in [1.29, 1.82) is 0 Å². The summed E-state index contributed by atoms with van der Waals surface area (Å²) in [6.07, 6.45) is 15.2. The lowest BCUT2D eigenvalue weighted by Gasteiger charge is -2.36. The van der Waals surface area contributed by atoms with E-state index in [1.807, 2.05) is 0 Å². The number of hydrogen-bond donors (Lipinski definition) is 0. The Morgan fingerprint density at radius 2 is 1.33 bits per heavy atom. The minimum Gasteiger partial charge on any atom is -0.456 e. The molecule has 1 fully saturated rings. The summed E-state index contributed by atoms with van der Waals surface area (Å²) in [5, 5.41) is 4.01. The Morgan fingerprint density at radius 1 is 0.600 bits per heavy atom. The average Bonchev–Trinajstić information content (AvgIpc) is 3.52. The van der Waals surface area contributed by atoms with Crippen molar-refractivity contribution in [2.45, 2.75) is 55.8 Å². The Hall–Kier alpha value is -4.62. The first-order valence-electron chi connectivity index (χ1n) is 16.8. The summed E-state index contributed by atoms with van der Waals surface area (Å²) in [6.45, 7) is 0. The maximum absolute atomic E-state index is 7.01. The van der Waals surface area contributed by atoms with E-state index < -0.39 is 0 Å². The molecule has 45 heavy (non-hydrogen) atoms. The SMILES string of the molecule is C1=CC2C=Cc3oc4c(C5CC(c6ccccc6)CC(c6ccc7ccccc7c6)C5)ccc(-c5ccccc5)c4c3C2CC1. The van der Waals surface area contributed by atoms with E-state index in [0.29, 0.717) is 29.6 Å². The summed E-state index contributed by atoms with van der Waals surface area (Å²) in [4.78, 5) is 0. The third-order valence-corrected chi connectivity index (χ3v) is 11.0. The second kappa shape index (κ2) is 11.1. The van der Waals surface area contributed by atoms with Crippen LogP contribution in [0.3, 0.4) is 0 Å².